The third kappa shape index (κ3) is 3.23. The number of aryl methyl sites for hydroxylation is 1. The lowest BCUT2D eigenvalue weighted by molar-refractivity contribution is -0.692. The van der Waals surface area contributed by atoms with Gasteiger partial charge in [-0.15, -0.1) is 0 Å². The van der Waals surface area contributed by atoms with E-state index >= 15 is 0 Å². The first-order chi connectivity index (χ1) is 9.81. The van der Waals surface area contributed by atoms with Crippen LogP contribution >= 0.6 is 0 Å². The third-order valence-corrected chi connectivity index (χ3v) is 3.40. The van der Waals surface area contributed by atoms with Crippen molar-refractivity contribution in [2.45, 2.75) is 6.92 Å². The third-order valence-electron chi connectivity index (χ3n) is 3.40. The number of hydrogen-bond acceptors (Lipinski definition) is 4. The molecule has 0 aliphatic heterocycles. The molecule has 0 fully saturated rings. The Morgan fingerprint density at radius 2 is 1.64 bits per heavy atom. The fourth-order valence-electron chi connectivity index (χ4n) is 1.94. The van der Waals surface area contributed by atoms with Crippen LogP contribution in [0.3, 0.4) is 0 Å². The summed E-state index contributed by atoms with van der Waals surface area (Å²) < 4.78 is 3.00. The normalized spacial score (nSPS) is 10.7. The fourth-order valence-corrected chi connectivity index (χ4v) is 1.94. The number of nitrogens with zero attached hydrogens (tertiary/aromatic N) is 2. The molecule has 22 heavy (non-hydrogen) atoms. The number of benzene rings is 1. The molecule has 0 amide bonds. The summed E-state index contributed by atoms with van der Waals surface area (Å²) in [5, 5.41) is 28.4. The highest BCUT2D eigenvalue weighted by atomic mass is 35.5. The molecule has 2 rings (SSSR count). The molecule has 0 bridgehead atoms. The van der Waals surface area contributed by atoms with Crippen molar-refractivity contribution in [2.75, 3.05) is 0 Å². The minimum Gasteiger partial charge on any atom is -1.00 e. The van der Waals surface area contributed by atoms with Gasteiger partial charge in [0.05, 0.1) is 14.1 Å². The Balaban J connectivity index is 0.00000242. The molecule has 118 valence electrons. The van der Waals surface area contributed by atoms with Gasteiger partial charge in [0.15, 0.2) is 11.5 Å². The Hall–Kier alpha value is -2.47. The molecule has 0 atom stereocenters. The molecule has 2 aromatic rings. The SMILES string of the molecule is Cc1cc(C=Cc2cc(O)c(O)cc2O)[n+](C)c(=O)n1C.[Cl-]. The minimum absolute atomic E-state index is 0. The average Bonchev–Trinajstić information content (AvgIpc) is 2.44. The predicted molar refractivity (Wildman–Crippen MR) is 78.0 cm³/mol. The lowest BCUT2D eigenvalue weighted by Crippen LogP contribution is -3.00. The van der Waals surface area contributed by atoms with Gasteiger partial charge in [0.25, 0.3) is 0 Å². The maximum Gasteiger partial charge on any atom is 0.498 e. The number of halogens is 1. The molecule has 1 aromatic carbocycles. The van der Waals surface area contributed by atoms with Crippen molar-refractivity contribution in [1.29, 1.82) is 0 Å². The van der Waals surface area contributed by atoms with Crippen molar-refractivity contribution in [3.05, 3.63) is 45.6 Å². The average molecular weight is 325 g/mol. The van der Waals surface area contributed by atoms with Crippen molar-refractivity contribution in [1.82, 2.24) is 4.57 Å². The summed E-state index contributed by atoms with van der Waals surface area (Å²) in [5.74, 6) is -0.874. The van der Waals surface area contributed by atoms with Crippen LogP contribution in [0.5, 0.6) is 17.2 Å². The van der Waals surface area contributed by atoms with E-state index in [4.69, 9.17) is 0 Å². The highest BCUT2D eigenvalue weighted by Gasteiger charge is 2.12. The topological polar surface area (TPSA) is 86.6 Å². The molecule has 1 aromatic heterocycles. The van der Waals surface area contributed by atoms with E-state index in [0.717, 1.165) is 11.8 Å². The van der Waals surface area contributed by atoms with Gasteiger partial charge in [0.1, 0.15) is 17.1 Å². The summed E-state index contributed by atoms with van der Waals surface area (Å²) in [7, 11) is 3.34. The monoisotopic (exact) mass is 324 g/mol. The van der Waals surface area contributed by atoms with Gasteiger partial charge in [-0.2, -0.15) is 13.9 Å². The van der Waals surface area contributed by atoms with Crippen LogP contribution in [-0.4, -0.2) is 19.9 Å². The molecule has 3 N–H and O–H groups in total. The molecule has 1 heterocycles. The maximum absolute atomic E-state index is 12.0. The van der Waals surface area contributed by atoms with Crippen molar-refractivity contribution >= 4 is 12.2 Å². The summed E-state index contributed by atoms with van der Waals surface area (Å²) in [5.41, 5.74) is 1.63. The van der Waals surface area contributed by atoms with Gasteiger partial charge >= 0.3 is 5.69 Å². The fraction of sp³-hybridized carbons (Fsp3) is 0.200. The first-order valence-electron chi connectivity index (χ1n) is 6.31. The second-order valence-corrected chi connectivity index (χ2v) is 4.84. The standard InChI is InChI=1S/C15H16N2O4.ClH/c1-9-6-11(17(3)15(21)16(9)2)5-4-10-7-13(19)14(20)8-12(10)18;/h4-8H,1-3H3,(H2,18,19,20);1H. The Morgan fingerprint density at radius 3 is 2.27 bits per heavy atom. The van der Waals surface area contributed by atoms with Crippen LogP contribution in [0, 0.1) is 6.92 Å². The Morgan fingerprint density at radius 1 is 1.05 bits per heavy atom. The largest absolute Gasteiger partial charge is 1.00 e. The zero-order valence-electron chi connectivity index (χ0n) is 12.4. The van der Waals surface area contributed by atoms with Crippen LogP contribution in [0.4, 0.5) is 0 Å². The second kappa shape index (κ2) is 6.53. The molecular weight excluding hydrogens is 308 g/mol. The molecular formula is C15H17ClN2O4. The lowest BCUT2D eigenvalue weighted by Gasteiger charge is -2.04. The molecule has 0 saturated carbocycles. The van der Waals surface area contributed by atoms with Crippen LogP contribution in [0.15, 0.2) is 23.0 Å². The van der Waals surface area contributed by atoms with Gasteiger partial charge in [-0.05, 0) is 25.1 Å². The smallest absolute Gasteiger partial charge is 0.498 e. The van der Waals surface area contributed by atoms with Crippen LogP contribution in [0.1, 0.15) is 17.0 Å². The van der Waals surface area contributed by atoms with Gasteiger partial charge < -0.3 is 27.7 Å². The van der Waals surface area contributed by atoms with E-state index in [-0.39, 0.29) is 35.3 Å². The van der Waals surface area contributed by atoms with E-state index in [1.165, 1.54) is 15.2 Å². The predicted octanol–water partition coefficient (Wildman–Crippen LogP) is -2.19. The first-order valence-corrected chi connectivity index (χ1v) is 6.31. The van der Waals surface area contributed by atoms with Crippen LogP contribution in [0.25, 0.3) is 12.2 Å². The van der Waals surface area contributed by atoms with E-state index in [2.05, 4.69) is 0 Å². The van der Waals surface area contributed by atoms with Crippen molar-refractivity contribution < 1.29 is 32.3 Å². The van der Waals surface area contributed by atoms with Crippen molar-refractivity contribution in [3.8, 4) is 17.2 Å². The van der Waals surface area contributed by atoms with Crippen LogP contribution < -0.4 is 22.7 Å². The lowest BCUT2D eigenvalue weighted by atomic mass is 10.1. The zero-order valence-corrected chi connectivity index (χ0v) is 13.2. The molecule has 0 spiro atoms. The molecule has 6 nitrogen and oxygen atoms in total. The molecule has 0 aliphatic rings. The Labute approximate surface area is 133 Å². The van der Waals surface area contributed by atoms with E-state index < -0.39 is 0 Å². The molecule has 0 radical (unpaired) electrons. The van der Waals surface area contributed by atoms with E-state index in [9.17, 15) is 20.1 Å². The summed E-state index contributed by atoms with van der Waals surface area (Å²) in [6.45, 7) is 1.82. The number of aromatic hydroxyl groups is 3. The quantitative estimate of drug-likeness (QED) is 0.333. The Kier molecular flexibility index (Phi) is 5.22. The van der Waals surface area contributed by atoms with Crippen molar-refractivity contribution in [2.24, 2.45) is 14.1 Å². The molecule has 0 unspecified atom stereocenters. The van der Waals surface area contributed by atoms with Crippen LogP contribution in [0.2, 0.25) is 0 Å². The van der Waals surface area contributed by atoms with Crippen LogP contribution in [-0.2, 0) is 14.1 Å². The minimum atomic E-state index is -0.389. The molecule has 7 heteroatoms. The number of phenols is 3. The van der Waals surface area contributed by atoms with Gasteiger partial charge in [0, 0.05) is 17.7 Å². The van der Waals surface area contributed by atoms with Gasteiger partial charge in [-0.1, -0.05) is 0 Å². The number of hydrogen-bond donors (Lipinski definition) is 3. The summed E-state index contributed by atoms with van der Waals surface area (Å²) in [6.07, 6.45) is 3.21. The number of aromatic nitrogens is 2. The maximum atomic E-state index is 12.0. The van der Waals surface area contributed by atoms with Gasteiger partial charge in [-0.3, -0.25) is 0 Å². The zero-order chi connectivity index (χ0) is 15.7. The summed E-state index contributed by atoms with van der Waals surface area (Å²) in [4.78, 5) is 12.0. The van der Waals surface area contributed by atoms with E-state index in [1.807, 2.05) is 13.0 Å². The molecule has 0 aliphatic carbocycles. The van der Waals surface area contributed by atoms with Gasteiger partial charge in [0.2, 0.25) is 0 Å². The number of phenolic OH excluding ortho intramolecular Hbond substituents is 3. The highest BCUT2D eigenvalue weighted by Crippen LogP contribution is 2.32. The van der Waals surface area contributed by atoms with E-state index in [0.29, 0.717) is 11.3 Å². The van der Waals surface area contributed by atoms with Gasteiger partial charge in [-0.25, -0.2) is 0 Å². The first kappa shape index (κ1) is 17.6. The second-order valence-electron chi connectivity index (χ2n) is 4.84. The summed E-state index contributed by atoms with van der Waals surface area (Å²) in [6, 6.07) is 4.13. The summed E-state index contributed by atoms with van der Waals surface area (Å²) >= 11 is 0. The highest BCUT2D eigenvalue weighted by molar-refractivity contribution is 5.72. The van der Waals surface area contributed by atoms with E-state index in [1.54, 1.807) is 26.2 Å². The number of rotatable bonds is 2. The van der Waals surface area contributed by atoms with Crippen molar-refractivity contribution in [3.63, 3.8) is 0 Å². The molecule has 0 saturated heterocycles. The Bertz CT molecular complexity index is 797.